The molecule has 1 unspecified atom stereocenters. The summed E-state index contributed by atoms with van der Waals surface area (Å²) in [7, 11) is 0. The molecule has 3 heterocycles. The van der Waals surface area contributed by atoms with Gasteiger partial charge in [0.05, 0.1) is 22.6 Å². The van der Waals surface area contributed by atoms with E-state index in [1.165, 1.54) is 6.07 Å². The first-order valence-electron chi connectivity index (χ1n) is 15.3. The van der Waals surface area contributed by atoms with Crippen molar-refractivity contribution in [3.8, 4) is 6.07 Å². The predicted octanol–water partition coefficient (Wildman–Crippen LogP) is 7.20. The second kappa shape index (κ2) is 11.9. The largest absolute Gasteiger partial charge is 0.512 e. The van der Waals surface area contributed by atoms with Crippen LogP contribution in [0.2, 0.25) is 0 Å². The minimum Gasteiger partial charge on any atom is -0.512 e. The Bertz CT molecular complexity index is 1640. The number of benzene rings is 1. The van der Waals surface area contributed by atoms with Crippen molar-refractivity contribution in [2.75, 3.05) is 0 Å². The molecule has 0 bridgehead atoms. The van der Waals surface area contributed by atoms with Crippen molar-refractivity contribution in [1.82, 2.24) is 19.6 Å². The van der Waals surface area contributed by atoms with E-state index >= 15 is 0 Å². The van der Waals surface area contributed by atoms with E-state index in [0.717, 1.165) is 43.1 Å². The van der Waals surface area contributed by atoms with Crippen LogP contribution in [-0.2, 0) is 34.0 Å². The summed E-state index contributed by atoms with van der Waals surface area (Å²) in [6.45, 7) is 7.18. The molecule has 1 saturated carbocycles. The molecule has 44 heavy (non-hydrogen) atoms. The molecule has 3 aromatic rings. The normalized spacial score (nSPS) is 19.9. The zero-order chi connectivity index (χ0) is 31.9. The van der Waals surface area contributed by atoms with Gasteiger partial charge in [-0.05, 0) is 81.5 Å². The third kappa shape index (κ3) is 5.78. The van der Waals surface area contributed by atoms with Crippen LogP contribution in [0, 0.1) is 31.1 Å². The summed E-state index contributed by atoms with van der Waals surface area (Å²) in [4.78, 5) is 22.3. The SMILES string of the molecule is CCC(C#N)(CC)c1ccc(CCC2(C3CCCC3)CC(O)=C(Cc3nc4nc(C)cc(C)n4n3)C(=O)O2)cc1C(F)(F)F. The zero-order valence-corrected chi connectivity index (χ0v) is 25.6. The third-order valence-corrected chi connectivity index (χ3v) is 9.62. The highest BCUT2D eigenvalue weighted by molar-refractivity contribution is 5.90. The lowest BCUT2D eigenvalue weighted by Gasteiger charge is -2.42. The van der Waals surface area contributed by atoms with Crippen molar-refractivity contribution in [3.63, 3.8) is 0 Å². The molecule has 0 saturated heterocycles. The molecule has 2 aliphatic rings. The molecule has 1 N–H and O–H groups in total. The molecule has 1 aromatic carbocycles. The third-order valence-electron chi connectivity index (χ3n) is 9.62. The average molecular weight is 610 g/mol. The van der Waals surface area contributed by atoms with Gasteiger partial charge in [0.2, 0.25) is 0 Å². The lowest BCUT2D eigenvalue weighted by atomic mass is 9.74. The minimum absolute atomic E-state index is 0.0119. The Morgan fingerprint density at radius 3 is 2.43 bits per heavy atom. The van der Waals surface area contributed by atoms with Crippen LogP contribution in [0.15, 0.2) is 35.6 Å². The predicted molar refractivity (Wildman–Crippen MR) is 157 cm³/mol. The molecule has 2 aromatic heterocycles. The summed E-state index contributed by atoms with van der Waals surface area (Å²) < 4.78 is 50.6. The van der Waals surface area contributed by atoms with E-state index in [-0.39, 0.29) is 61.3 Å². The molecule has 1 atom stereocenters. The van der Waals surface area contributed by atoms with Crippen molar-refractivity contribution >= 4 is 11.7 Å². The van der Waals surface area contributed by atoms with Crippen molar-refractivity contribution in [2.24, 2.45) is 5.92 Å². The van der Waals surface area contributed by atoms with Crippen LogP contribution in [0.1, 0.15) is 99.1 Å². The van der Waals surface area contributed by atoms with Crippen LogP contribution in [0.5, 0.6) is 0 Å². The molecule has 1 aliphatic carbocycles. The summed E-state index contributed by atoms with van der Waals surface area (Å²) in [5, 5.41) is 25.5. The molecule has 0 spiro atoms. The number of nitrogens with zero attached hydrogens (tertiary/aromatic N) is 5. The molecule has 1 fully saturated rings. The zero-order valence-electron chi connectivity index (χ0n) is 25.6. The van der Waals surface area contributed by atoms with Gasteiger partial charge < -0.3 is 9.84 Å². The van der Waals surface area contributed by atoms with Crippen LogP contribution in [0.3, 0.4) is 0 Å². The van der Waals surface area contributed by atoms with Gasteiger partial charge >= 0.3 is 12.1 Å². The number of cyclic esters (lactones) is 1. The van der Waals surface area contributed by atoms with Gasteiger partial charge in [0.15, 0.2) is 5.82 Å². The Morgan fingerprint density at radius 1 is 1.11 bits per heavy atom. The highest BCUT2D eigenvalue weighted by atomic mass is 19.4. The van der Waals surface area contributed by atoms with Crippen molar-refractivity contribution < 1.29 is 27.8 Å². The Morgan fingerprint density at radius 2 is 1.82 bits per heavy atom. The molecule has 11 heteroatoms. The Hall–Kier alpha value is -3.94. The van der Waals surface area contributed by atoms with Crippen LogP contribution in [-0.4, -0.2) is 36.3 Å². The van der Waals surface area contributed by atoms with Crippen LogP contribution in [0.25, 0.3) is 5.78 Å². The number of ether oxygens (including phenoxy) is 1. The topological polar surface area (TPSA) is 113 Å². The Kier molecular flexibility index (Phi) is 8.49. The van der Waals surface area contributed by atoms with Gasteiger partial charge in [-0.25, -0.2) is 14.3 Å². The molecule has 5 rings (SSSR count). The van der Waals surface area contributed by atoms with E-state index in [1.54, 1.807) is 24.4 Å². The number of hydrogen-bond acceptors (Lipinski definition) is 7. The molecule has 8 nitrogen and oxygen atoms in total. The summed E-state index contributed by atoms with van der Waals surface area (Å²) in [6, 6.07) is 8.20. The molecular formula is C33H38F3N5O3. The standard InChI is InChI=1S/C33H38F3N5O3/c1-5-31(6-2,19-37)25-12-11-22(16-26(25)33(34,35)36)13-14-32(23-9-7-8-10-23)18-27(42)24(29(43)44-32)17-28-39-30-38-20(3)15-21(4)41(30)40-28/h11-12,15-16,23,42H,5-10,13-14,17-18H2,1-4H3. The van der Waals surface area contributed by atoms with Crippen LogP contribution >= 0.6 is 0 Å². The Labute approximate surface area is 255 Å². The second-order valence-corrected chi connectivity index (χ2v) is 12.3. The number of fused-ring (bicyclic) bond motifs is 1. The monoisotopic (exact) mass is 609 g/mol. The second-order valence-electron chi connectivity index (χ2n) is 12.3. The van der Waals surface area contributed by atoms with Crippen molar-refractivity contribution in [1.29, 1.82) is 5.26 Å². The van der Waals surface area contributed by atoms with Gasteiger partial charge in [0.25, 0.3) is 5.78 Å². The number of aliphatic hydroxyl groups excluding tert-OH is 1. The number of alkyl halides is 3. The first-order valence-corrected chi connectivity index (χ1v) is 15.3. The van der Waals surface area contributed by atoms with Crippen molar-refractivity contribution in [3.05, 3.63) is 69.5 Å². The lowest BCUT2D eigenvalue weighted by molar-refractivity contribution is -0.167. The minimum atomic E-state index is -4.63. The first kappa shape index (κ1) is 31.5. The van der Waals surface area contributed by atoms with Gasteiger partial charge in [0, 0.05) is 24.2 Å². The number of aliphatic hydroxyl groups is 1. The van der Waals surface area contributed by atoms with Crippen molar-refractivity contribution in [2.45, 2.75) is 109 Å². The van der Waals surface area contributed by atoms with Crippen LogP contribution < -0.4 is 0 Å². The van der Waals surface area contributed by atoms with E-state index in [4.69, 9.17) is 4.74 Å². The van der Waals surface area contributed by atoms with E-state index < -0.39 is 28.7 Å². The maximum absolute atomic E-state index is 14.3. The van der Waals surface area contributed by atoms with E-state index in [2.05, 4.69) is 21.1 Å². The van der Waals surface area contributed by atoms with Gasteiger partial charge in [0.1, 0.15) is 11.4 Å². The number of esters is 1. The average Bonchev–Trinajstić information content (AvgIpc) is 3.66. The summed E-state index contributed by atoms with van der Waals surface area (Å²) in [5.74, 6) is -0.0482. The fraction of sp³-hybridized carbons (Fsp3) is 0.545. The quantitative estimate of drug-likeness (QED) is 0.255. The van der Waals surface area contributed by atoms with Gasteiger partial charge in [-0.3, -0.25) is 0 Å². The Balaban J connectivity index is 1.44. The number of carbonyl (C=O) groups is 1. The molecule has 1 aliphatic heterocycles. The fourth-order valence-electron chi connectivity index (χ4n) is 7.03. The van der Waals surface area contributed by atoms with Gasteiger partial charge in [-0.1, -0.05) is 38.8 Å². The van der Waals surface area contributed by atoms with Crippen LogP contribution in [0.4, 0.5) is 13.2 Å². The molecule has 0 radical (unpaired) electrons. The summed E-state index contributed by atoms with van der Waals surface area (Å²) in [5.41, 5.74) is -0.948. The number of halogens is 3. The number of rotatable bonds is 9. The lowest BCUT2D eigenvalue weighted by Crippen LogP contribution is -2.46. The number of carbonyl (C=O) groups excluding carboxylic acids is 1. The number of hydrogen-bond donors (Lipinski definition) is 1. The smallest absolute Gasteiger partial charge is 0.416 e. The summed E-state index contributed by atoms with van der Waals surface area (Å²) >= 11 is 0. The maximum atomic E-state index is 14.3. The van der Waals surface area contributed by atoms with Gasteiger partial charge in [-0.2, -0.15) is 23.4 Å². The molecular weight excluding hydrogens is 571 g/mol. The fourth-order valence-corrected chi connectivity index (χ4v) is 7.03. The number of aromatic nitrogens is 4. The van der Waals surface area contributed by atoms with E-state index in [9.17, 15) is 28.3 Å². The number of nitriles is 1. The van der Waals surface area contributed by atoms with E-state index in [1.807, 2.05) is 19.9 Å². The molecule has 0 amide bonds. The highest BCUT2D eigenvalue weighted by Gasteiger charge is 2.48. The first-order chi connectivity index (χ1) is 20.8. The molecule has 234 valence electrons. The highest BCUT2D eigenvalue weighted by Crippen LogP contribution is 2.47. The van der Waals surface area contributed by atoms with Gasteiger partial charge in [-0.15, -0.1) is 5.10 Å². The summed E-state index contributed by atoms with van der Waals surface area (Å²) in [6.07, 6.45) is -0.0675. The van der Waals surface area contributed by atoms with E-state index in [0.29, 0.717) is 17.2 Å². The number of aryl methyl sites for hydroxylation is 3. The maximum Gasteiger partial charge on any atom is 0.416 e.